The Hall–Kier alpha value is -3.20. The van der Waals surface area contributed by atoms with Crippen molar-refractivity contribution >= 4 is 22.6 Å². The van der Waals surface area contributed by atoms with Gasteiger partial charge in [0, 0.05) is 37.6 Å². The van der Waals surface area contributed by atoms with Crippen molar-refractivity contribution in [3.63, 3.8) is 0 Å². The van der Waals surface area contributed by atoms with E-state index in [0.717, 1.165) is 55.5 Å². The molecule has 3 aromatic rings. The summed E-state index contributed by atoms with van der Waals surface area (Å²) >= 11 is 0. The third-order valence-electron chi connectivity index (χ3n) is 5.91. The lowest BCUT2D eigenvalue weighted by atomic mass is 9.93. The summed E-state index contributed by atoms with van der Waals surface area (Å²) in [7, 11) is 0. The number of aromatic amines is 1. The van der Waals surface area contributed by atoms with Gasteiger partial charge < -0.3 is 19.7 Å². The summed E-state index contributed by atoms with van der Waals surface area (Å²) in [6.45, 7) is 3.02. The molecule has 1 amide bonds. The number of rotatable bonds is 5. The average molecular weight is 422 g/mol. The van der Waals surface area contributed by atoms with Gasteiger partial charge in [0.05, 0.1) is 24.1 Å². The molecule has 2 fully saturated rings. The lowest BCUT2D eigenvalue weighted by molar-refractivity contribution is 0.0886. The molecule has 1 saturated heterocycles. The second-order valence-electron chi connectivity index (χ2n) is 7.98. The van der Waals surface area contributed by atoms with Crippen molar-refractivity contribution in [3.8, 4) is 5.88 Å². The lowest BCUT2D eigenvalue weighted by Gasteiger charge is -2.30. The minimum Gasteiger partial charge on any atom is -0.474 e. The van der Waals surface area contributed by atoms with Crippen molar-refractivity contribution < 1.29 is 14.3 Å². The van der Waals surface area contributed by atoms with Crippen LogP contribution in [0.1, 0.15) is 36.2 Å². The molecule has 0 spiro atoms. The van der Waals surface area contributed by atoms with Gasteiger partial charge in [-0.05, 0) is 43.9 Å². The van der Waals surface area contributed by atoms with Crippen LogP contribution in [0, 0.1) is 0 Å². The van der Waals surface area contributed by atoms with E-state index in [1.54, 1.807) is 18.5 Å². The Morgan fingerprint density at radius 2 is 2.03 bits per heavy atom. The first-order valence-corrected chi connectivity index (χ1v) is 10.8. The Morgan fingerprint density at radius 1 is 1.19 bits per heavy atom. The van der Waals surface area contributed by atoms with Crippen molar-refractivity contribution in [3.05, 3.63) is 42.4 Å². The summed E-state index contributed by atoms with van der Waals surface area (Å²) in [5, 5.41) is 10.6. The molecule has 1 aliphatic heterocycles. The summed E-state index contributed by atoms with van der Waals surface area (Å²) in [5.41, 5.74) is 1.30. The average Bonchev–Trinajstić information content (AvgIpc) is 3.36. The predicted octanol–water partition coefficient (Wildman–Crippen LogP) is 2.31. The standard InChI is InChI=1S/C22H26N6O3/c29-21(18-7-9-24-27-18)25-15-3-5-16(6-4-15)31-22-17-2-1-8-23-19(17)14-20(26-22)28-10-12-30-13-11-28/h1-2,7-9,14-16H,3-6,10-13H2,(H,24,27)(H,25,29). The van der Waals surface area contributed by atoms with Gasteiger partial charge in [-0.25, -0.2) is 0 Å². The highest BCUT2D eigenvalue weighted by Crippen LogP contribution is 2.31. The number of carbonyl (C=O) groups excluding carboxylic acids is 1. The minimum absolute atomic E-state index is 0.0642. The van der Waals surface area contributed by atoms with Gasteiger partial charge in [-0.1, -0.05) is 0 Å². The molecule has 1 aliphatic carbocycles. The van der Waals surface area contributed by atoms with Crippen molar-refractivity contribution in [2.24, 2.45) is 0 Å². The molecule has 1 saturated carbocycles. The normalized spacial score (nSPS) is 21.7. The summed E-state index contributed by atoms with van der Waals surface area (Å²) in [5.74, 6) is 1.38. The van der Waals surface area contributed by atoms with Gasteiger partial charge in [0.1, 0.15) is 17.6 Å². The van der Waals surface area contributed by atoms with Gasteiger partial charge in [0.15, 0.2) is 0 Å². The summed E-state index contributed by atoms with van der Waals surface area (Å²) in [6.07, 6.45) is 6.95. The number of hydrogen-bond donors (Lipinski definition) is 2. The van der Waals surface area contributed by atoms with Crippen LogP contribution in [0.3, 0.4) is 0 Å². The monoisotopic (exact) mass is 422 g/mol. The van der Waals surface area contributed by atoms with Gasteiger partial charge in [-0.3, -0.25) is 14.9 Å². The van der Waals surface area contributed by atoms with Crippen LogP contribution in [0.15, 0.2) is 36.7 Å². The highest BCUT2D eigenvalue weighted by atomic mass is 16.5. The van der Waals surface area contributed by atoms with E-state index in [1.165, 1.54) is 0 Å². The molecule has 0 bridgehead atoms. The van der Waals surface area contributed by atoms with Crippen LogP contribution in [-0.4, -0.2) is 64.5 Å². The quantitative estimate of drug-likeness (QED) is 0.650. The smallest absolute Gasteiger partial charge is 0.271 e. The number of pyridine rings is 2. The Morgan fingerprint density at radius 3 is 2.81 bits per heavy atom. The maximum Gasteiger partial charge on any atom is 0.271 e. The summed E-state index contributed by atoms with van der Waals surface area (Å²) in [6, 6.07) is 7.75. The molecule has 3 aromatic heterocycles. The zero-order valence-corrected chi connectivity index (χ0v) is 17.3. The molecule has 9 heteroatoms. The Labute approximate surface area is 180 Å². The summed E-state index contributed by atoms with van der Waals surface area (Å²) < 4.78 is 11.9. The number of fused-ring (bicyclic) bond motifs is 1. The molecule has 5 rings (SSSR count). The van der Waals surface area contributed by atoms with Crippen LogP contribution in [0.25, 0.3) is 10.9 Å². The van der Waals surface area contributed by atoms with Crippen molar-refractivity contribution in [1.29, 1.82) is 0 Å². The third-order valence-corrected chi connectivity index (χ3v) is 5.91. The number of amides is 1. The molecule has 2 aliphatic rings. The van der Waals surface area contributed by atoms with Crippen molar-refractivity contribution in [1.82, 2.24) is 25.5 Å². The Bertz CT molecular complexity index is 1030. The maximum atomic E-state index is 12.2. The van der Waals surface area contributed by atoms with Crippen molar-refractivity contribution in [2.75, 3.05) is 31.2 Å². The molecular formula is C22H26N6O3. The van der Waals surface area contributed by atoms with Gasteiger partial charge in [0.2, 0.25) is 5.88 Å². The van der Waals surface area contributed by atoms with E-state index < -0.39 is 0 Å². The number of morpholine rings is 1. The fourth-order valence-corrected chi connectivity index (χ4v) is 4.21. The van der Waals surface area contributed by atoms with E-state index in [9.17, 15) is 4.79 Å². The molecule has 4 heterocycles. The molecule has 2 N–H and O–H groups in total. The molecule has 0 radical (unpaired) electrons. The second-order valence-corrected chi connectivity index (χ2v) is 7.98. The SMILES string of the molecule is O=C(NC1CCC(Oc2nc(N3CCOCC3)cc3ncccc23)CC1)c1cc[nH]n1. The van der Waals surface area contributed by atoms with E-state index in [2.05, 4.69) is 25.4 Å². The first-order chi connectivity index (χ1) is 15.3. The third kappa shape index (κ3) is 4.46. The molecule has 0 aromatic carbocycles. The molecule has 162 valence electrons. The largest absolute Gasteiger partial charge is 0.474 e. The van der Waals surface area contributed by atoms with Gasteiger partial charge in [0.25, 0.3) is 5.91 Å². The molecule has 0 atom stereocenters. The number of nitrogens with one attached hydrogen (secondary N) is 2. The number of aromatic nitrogens is 4. The van der Waals surface area contributed by atoms with Crippen LogP contribution in [0.4, 0.5) is 5.82 Å². The highest BCUT2D eigenvalue weighted by molar-refractivity contribution is 5.92. The highest BCUT2D eigenvalue weighted by Gasteiger charge is 2.26. The van der Waals surface area contributed by atoms with Crippen LogP contribution < -0.4 is 15.0 Å². The van der Waals surface area contributed by atoms with Crippen LogP contribution in [0.5, 0.6) is 5.88 Å². The zero-order valence-electron chi connectivity index (χ0n) is 17.3. The maximum absolute atomic E-state index is 12.2. The van der Waals surface area contributed by atoms with E-state index in [0.29, 0.717) is 24.8 Å². The van der Waals surface area contributed by atoms with Gasteiger partial charge in [-0.15, -0.1) is 0 Å². The lowest BCUT2D eigenvalue weighted by Crippen LogP contribution is -2.40. The van der Waals surface area contributed by atoms with Crippen molar-refractivity contribution in [2.45, 2.75) is 37.8 Å². The Balaban J connectivity index is 1.26. The van der Waals surface area contributed by atoms with E-state index in [1.807, 2.05) is 18.2 Å². The topological polar surface area (TPSA) is 105 Å². The molecule has 9 nitrogen and oxygen atoms in total. The number of hydrogen-bond acceptors (Lipinski definition) is 7. The fourth-order valence-electron chi connectivity index (χ4n) is 4.21. The number of anilines is 1. The number of nitrogens with zero attached hydrogens (tertiary/aromatic N) is 4. The number of H-pyrrole nitrogens is 1. The number of ether oxygens (including phenoxy) is 2. The van der Waals surface area contributed by atoms with E-state index in [-0.39, 0.29) is 18.1 Å². The molecule has 31 heavy (non-hydrogen) atoms. The van der Waals surface area contributed by atoms with Crippen LogP contribution >= 0.6 is 0 Å². The van der Waals surface area contributed by atoms with Crippen LogP contribution in [0.2, 0.25) is 0 Å². The zero-order chi connectivity index (χ0) is 21.0. The van der Waals surface area contributed by atoms with Gasteiger partial charge in [-0.2, -0.15) is 10.1 Å². The first kappa shape index (κ1) is 19.7. The minimum atomic E-state index is -0.137. The molecular weight excluding hydrogens is 396 g/mol. The van der Waals surface area contributed by atoms with E-state index >= 15 is 0 Å². The summed E-state index contributed by atoms with van der Waals surface area (Å²) in [4.78, 5) is 23.8. The second kappa shape index (κ2) is 8.89. The first-order valence-electron chi connectivity index (χ1n) is 10.8. The van der Waals surface area contributed by atoms with Crippen LogP contribution in [-0.2, 0) is 4.74 Å². The predicted molar refractivity (Wildman–Crippen MR) is 115 cm³/mol. The fraction of sp³-hybridized carbons (Fsp3) is 0.455. The van der Waals surface area contributed by atoms with Gasteiger partial charge >= 0.3 is 0 Å². The Kier molecular flexibility index (Phi) is 5.66. The molecule has 0 unspecified atom stereocenters. The number of carbonyl (C=O) groups is 1. The van der Waals surface area contributed by atoms with E-state index in [4.69, 9.17) is 14.5 Å².